The third kappa shape index (κ3) is 5.55. The van der Waals surface area contributed by atoms with Gasteiger partial charge in [-0.2, -0.15) is 5.10 Å². The molecule has 2 aromatic heterocycles. The number of aromatic nitrogens is 4. The van der Waals surface area contributed by atoms with E-state index in [-0.39, 0.29) is 12.5 Å². The summed E-state index contributed by atoms with van der Waals surface area (Å²) in [5.74, 6) is 0.345. The lowest BCUT2D eigenvalue weighted by Gasteiger charge is -2.35. The Balaban J connectivity index is 1.11. The molecule has 3 N–H and O–H groups in total. The number of piperazine rings is 1. The third-order valence-corrected chi connectivity index (χ3v) is 7.22. The first-order valence-electron chi connectivity index (χ1n) is 13.2. The average molecular weight is 522 g/mol. The normalized spacial score (nSPS) is 14.1. The summed E-state index contributed by atoms with van der Waals surface area (Å²) in [7, 11) is 0. The van der Waals surface area contributed by atoms with E-state index in [2.05, 4.69) is 53.1 Å². The number of nitrogens with zero attached hydrogens (tertiary/aromatic N) is 5. The number of carbonyl (C=O) groups is 1. The van der Waals surface area contributed by atoms with E-state index in [9.17, 15) is 4.79 Å². The van der Waals surface area contributed by atoms with E-state index in [1.54, 1.807) is 0 Å². The van der Waals surface area contributed by atoms with Crippen molar-refractivity contribution in [1.29, 1.82) is 0 Å². The molecule has 0 saturated carbocycles. The molecular formula is C30H31N7O2. The van der Waals surface area contributed by atoms with Crippen molar-refractivity contribution in [3.8, 4) is 11.3 Å². The summed E-state index contributed by atoms with van der Waals surface area (Å²) < 4.78 is 2.13. The molecule has 1 saturated heterocycles. The number of amides is 1. The maximum Gasteiger partial charge on any atom is 0.256 e. The summed E-state index contributed by atoms with van der Waals surface area (Å²) in [5, 5.41) is 19.4. The van der Waals surface area contributed by atoms with Gasteiger partial charge in [-0.1, -0.05) is 36.4 Å². The van der Waals surface area contributed by atoms with E-state index in [1.165, 1.54) is 5.56 Å². The van der Waals surface area contributed by atoms with Gasteiger partial charge in [-0.25, -0.2) is 4.98 Å². The van der Waals surface area contributed by atoms with Crippen LogP contribution in [0.5, 0.6) is 0 Å². The van der Waals surface area contributed by atoms with Crippen molar-refractivity contribution in [3.05, 3.63) is 96.3 Å². The van der Waals surface area contributed by atoms with Gasteiger partial charge in [0.05, 0.1) is 29.7 Å². The molecular weight excluding hydrogens is 490 g/mol. The Morgan fingerprint density at radius 3 is 2.51 bits per heavy atom. The first kappa shape index (κ1) is 24.8. The molecule has 0 unspecified atom stereocenters. The van der Waals surface area contributed by atoms with Gasteiger partial charge in [-0.05, 0) is 42.0 Å². The van der Waals surface area contributed by atoms with Gasteiger partial charge in [0.15, 0.2) is 0 Å². The fourth-order valence-corrected chi connectivity index (χ4v) is 5.05. The lowest BCUT2D eigenvalue weighted by molar-refractivity contribution is 0.102. The molecule has 0 aliphatic carbocycles. The number of hydrogen-bond donors (Lipinski definition) is 3. The van der Waals surface area contributed by atoms with Crippen LogP contribution in [0, 0.1) is 0 Å². The largest absolute Gasteiger partial charge is 0.395 e. The zero-order chi connectivity index (χ0) is 26.6. The summed E-state index contributed by atoms with van der Waals surface area (Å²) in [5.41, 5.74) is 6.53. The number of aliphatic hydroxyl groups excluding tert-OH is 1. The number of fused-ring (bicyclic) bond motifs is 1. The second-order valence-electron chi connectivity index (χ2n) is 9.78. The second kappa shape index (κ2) is 11.1. The molecule has 9 heteroatoms. The van der Waals surface area contributed by atoms with Crippen molar-refractivity contribution in [2.24, 2.45) is 0 Å². The van der Waals surface area contributed by atoms with Crippen molar-refractivity contribution < 1.29 is 9.90 Å². The lowest BCUT2D eigenvalue weighted by Crippen LogP contribution is -2.47. The highest BCUT2D eigenvalue weighted by atomic mass is 16.3. The van der Waals surface area contributed by atoms with Gasteiger partial charge in [0.2, 0.25) is 0 Å². The molecule has 0 radical (unpaired) electrons. The molecule has 1 fully saturated rings. The fraction of sp³-hybridized carbons (Fsp3) is 0.233. The second-order valence-corrected chi connectivity index (χ2v) is 9.78. The lowest BCUT2D eigenvalue weighted by atomic mass is 10.1. The minimum absolute atomic E-state index is 0.192. The summed E-state index contributed by atoms with van der Waals surface area (Å²) in [6.45, 7) is 5.30. The predicted octanol–water partition coefficient (Wildman–Crippen LogP) is 3.84. The molecule has 39 heavy (non-hydrogen) atoms. The van der Waals surface area contributed by atoms with Crippen LogP contribution in [0.3, 0.4) is 0 Å². The van der Waals surface area contributed by atoms with Crippen LogP contribution in [-0.4, -0.2) is 75.0 Å². The predicted molar refractivity (Wildman–Crippen MR) is 153 cm³/mol. The van der Waals surface area contributed by atoms with Crippen LogP contribution in [0.1, 0.15) is 15.9 Å². The molecule has 3 heterocycles. The van der Waals surface area contributed by atoms with Gasteiger partial charge in [-0.3, -0.25) is 14.8 Å². The van der Waals surface area contributed by atoms with E-state index in [0.717, 1.165) is 67.2 Å². The van der Waals surface area contributed by atoms with Crippen molar-refractivity contribution in [3.63, 3.8) is 0 Å². The zero-order valence-corrected chi connectivity index (χ0v) is 21.6. The van der Waals surface area contributed by atoms with E-state index < -0.39 is 0 Å². The number of β-amino-alcohol motifs (C(OH)–C–C–N with tert-alkyl or cyclic N) is 1. The Kier molecular flexibility index (Phi) is 7.07. The van der Waals surface area contributed by atoms with Crippen LogP contribution in [0.2, 0.25) is 0 Å². The third-order valence-electron chi connectivity index (χ3n) is 7.22. The van der Waals surface area contributed by atoms with Crippen molar-refractivity contribution in [2.45, 2.75) is 6.54 Å². The minimum atomic E-state index is -0.194. The molecule has 0 spiro atoms. The van der Waals surface area contributed by atoms with Crippen LogP contribution in [0.4, 0.5) is 11.5 Å². The van der Waals surface area contributed by atoms with Gasteiger partial charge in [0.1, 0.15) is 5.82 Å². The summed E-state index contributed by atoms with van der Waals surface area (Å²) in [6, 6.07) is 25.9. The Morgan fingerprint density at radius 1 is 0.949 bits per heavy atom. The van der Waals surface area contributed by atoms with Crippen LogP contribution in [0.25, 0.3) is 22.3 Å². The number of carbonyl (C=O) groups excluding carboxylic acids is 1. The molecule has 1 aliphatic heterocycles. The van der Waals surface area contributed by atoms with Gasteiger partial charge in [-0.15, -0.1) is 0 Å². The fourth-order valence-electron chi connectivity index (χ4n) is 5.05. The van der Waals surface area contributed by atoms with E-state index in [1.807, 2.05) is 67.0 Å². The van der Waals surface area contributed by atoms with Gasteiger partial charge >= 0.3 is 0 Å². The number of nitrogens with one attached hydrogen (secondary N) is 2. The van der Waals surface area contributed by atoms with Crippen molar-refractivity contribution in [2.75, 3.05) is 49.5 Å². The highest BCUT2D eigenvalue weighted by molar-refractivity contribution is 6.04. The smallest absolute Gasteiger partial charge is 0.256 e. The molecule has 3 aromatic carbocycles. The molecule has 6 rings (SSSR count). The highest BCUT2D eigenvalue weighted by Crippen LogP contribution is 2.25. The Hall–Kier alpha value is -4.47. The molecule has 0 bridgehead atoms. The maximum atomic E-state index is 12.9. The molecule has 1 amide bonds. The Labute approximate surface area is 226 Å². The molecule has 198 valence electrons. The van der Waals surface area contributed by atoms with Crippen molar-refractivity contribution >= 4 is 28.4 Å². The first-order chi connectivity index (χ1) is 19.2. The number of anilines is 2. The van der Waals surface area contributed by atoms with E-state index >= 15 is 0 Å². The quantitative estimate of drug-likeness (QED) is 0.287. The number of hydrogen-bond acceptors (Lipinski definition) is 6. The van der Waals surface area contributed by atoms with Crippen LogP contribution in [0.15, 0.2) is 85.2 Å². The summed E-state index contributed by atoms with van der Waals surface area (Å²) >= 11 is 0. The SMILES string of the molecule is O=C(Nc1cc(-c2ccc3ncn(Cc4ccccc4)c3c2)n[nH]1)c1ccc(N2CCN(CCO)CC2)cc1. The van der Waals surface area contributed by atoms with Crippen LogP contribution in [-0.2, 0) is 6.54 Å². The Bertz CT molecular complexity index is 1550. The molecule has 9 nitrogen and oxygen atoms in total. The monoisotopic (exact) mass is 521 g/mol. The van der Waals surface area contributed by atoms with Crippen LogP contribution >= 0.6 is 0 Å². The molecule has 0 atom stereocenters. The number of aliphatic hydroxyl groups is 1. The minimum Gasteiger partial charge on any atom is -0.395 e. The summed E-state index contributed by atoms with van der Waals surface area (Å²) in [4.78, 5) is 22.0. The number of aromatic amines is 1. The van der Waals surface area contributed by atoms with Gasteiger partial charge in [0, 0.05) is 62.1 Å². The number of H-pyrrole nitrogens is 1. The summed E-state index contributed by atoms with van der Waals surface area (Å²) in [6.07, 6.45) is 1.86. The van der Waals surface area contributed by atoms with Crippen LogP contribution < -0.4 is 10.2 Å². The number of rotatable bonds is 8. The van der Waals surface area contributed by atoms with Gasteiger partial charge in [0.25, 0.3) is 5.91 Å². The van der Waals surface area contributed by atoms with E-state index in [0.29, 0.717) is 11.4 Å². The maximum absolute atomic E-state index is 12.9. The topological polar surface area (TPSA) is 102 Å². The standard InChI is InChI=1S/C30H31N7O2/c38-17-16-35-12-14-36(15-13-35)25-9-6-23(7-10-25)30(39)32-29-19-27(33-34-29)24-8-11-26-28(18-24)37(21-31-26)20-22-4-2-1-3-5-22/h1-11,18-19,21,38H,12-17,20H2,(H2,32,33,34,39). The molecule has 5 aromatic rings. The van der Waals surface area contributed by atoms with Gasteiger partial charge < -0.3 is 19.9 Å². The number of benzene rings is 3. The Morgan fingerprint density at radius 2 is 1.74 bits per heavy atom. The zero-order valence-electron chi connectivity index (χ0n) is 21.6. The van der Waals surface area contributed by atoms with E-state index in [4.69, 9.17) is 5.11 Å². The highest BCUT2D eigenvalue weighted by Gasteiger charge is 2.17. The molecule has 1 aliphatic rings. The van der Waals surface area contributed by atoms with Crippen molar-refractivity contribution in [1.82, 2.24) is 24.6 Å². The average Bonchev–Trinajstić information content (AvgIpc) is 3.61. The number of imidazole rings is 1. The first-order valence-corrected chi connectivity index (χ1v) is 13.2.